The van der Waals surface area contributed by atoms with Gasteiger partial charge in [0, 0.05) is 5.56 Å². The Morgan fingerprint density at radius 3 is 2.26 bits per heavy atom. The summed E-state index contributed by atoms with van der Waals surface area (Å²) in [5.74, 6) is 1.09. The predicted octanol–water partition coefficient (Wildman–Crippen LogP) is 7.07. The molecular weight excluding hydrogens is 423 g/mol. The predicted molar refractivity (Wildman–Crippen MR) is 98.7 cm³/mol. The molecule has 0 amide bonds. The first-order valence-electron chi connectivity index (χ1n) is 7.91. The highest BCUT2D eigenvalue weighted by atomic mass is 79.9. The average Bonchev–Trinajstić information content (AvgIpc) is 3.11. The Morgan fingerprint density at radius 1 is 0.889 bits per heavy atom. The van der Waals surface area contributed by atoms with Crippen LogP contribution >= 0.6 is 15.9 Å². The van der Waals surface area contributed by atoms with Crippen LogP contribution in [0.5, 0.6) is 11.5 Å². The van der Waals surface area contributed by atoms with Gasteiger partial charge < -0.3 is 9.15 Å². The van der Waals surface area contributed by atoms with Gasteiger partial charge in [-0.05, 0) is 64.5 Å². The lowest BCUT2D eigenvalue weighted by Gasteiger charge is -2.09. The highest BCUT2D eigenvalue weighted by Crippen LogP contribution is 2.37. The van der Waals surface area contributed by atoms with E-state index in [1.54, 1.807) is 12.1 Å². The number of aromatic nitrogens is 1. The monoisotopic (exact) mass is 433 g/mol. The summed E-state index contributed by atoms with van der Waals surface area (Å²) >= 11 is 3.42. The number of ether oxygens (including phenoxy) is 1. The van der Waals surface area contributed by atoms with Gasteiger partial charge in [0.25, 0.3) is 0 Å². The average molecular weight is 434 g/mol. The molecule has 7 heteroatoms. The maximum atomic E-state index is 12.7. The zero-order chi connectivity index (χ0) is 19.0. The smallest absolute Gasteiger partial charge is 0.416 e. The first-order valence-corrected chi connectivity index (χ1v) is 8.71. The van der Waals surface area contributed by atoms with E-state index in [-0.39, 0.29) is 5.75 Å². The van der Waals surface area contributed by atoms with E-state index in [1.165, 1.54) is 12.1 Å². The van der Waals surface area contributed by atoms with E-state index in [2.05, 4.69) is 20.9 Å². The molecule has 0 aliphatic heterocycles. The fraction of sp³-hybridized carbons (Fsp3) is 0.0500. The molecule has 27 heavy (non-hydrogen) atoms. The quantitative estimate of drug-likeness (QED) is 0.346. The number of halogens is 4. The Morgan fingerprint density at radius 2 is 1.59 bits per heavy atom. The topological polar surface area (TPSA) is 35.3 Å². The van der Waals surface area contributed by atoms with E-state index in [9.17, 15) is 13.2 Å². The Kier molecular flexibility index (Phi) is 4.39. The third-order valence-electron chi connectivity index (χ3n) is 3.89. The third kappa shape index (κ3) is 3.55. The minimum absolute atomic E-state index is 0.274. The second-order valence-corrected chi connectivity index (χ2v) is 6.59. The molecule has 3 aromatic carbocycles. The van der Waals surface area contributed by atoms with Crippen LogP contribution < -0.4 is 4.74 Å². The number of rotatable bonds is 3. The molecule has 0 saturated carbocycles. The van der Waals surface area contributed by atoms with Crippen molar-refractivity contribution in [3.8, 4) is 23.0 Å². The summed E-state index contributed by atoms with van der Waals surface area (Å²) in [6.07, 6.45) is -4.39. The summed E-state index contributed by atoms with van der Waals surface area (Å²) < 4.78 is 50.4. The summed E-state index contributed by atoms with van der Waals surface area (Å²) in [6, 6.07) is 17.3. The van der Waals surface area contributed by atoms with Crippen molar-refractivity contribution in [2.45, 2.75) is 6.18 Å². The molecule has 0 aliphatic rings. The number of benzene rings is 3. The molecule has 0 aliphatic carbocycles. The maximum absolute atomic E-state index is 12.7. The van der Waals surface area contributed by atoms with Crippen molar-refractivity contribution in [2.75, 3.05) is 0 Å². The molecule has 0 spiro atoms. The second-order valence-electron chi connectivity index (χ2n) is 5.73. The van der Waals surface area contributed by atoms with Crippen LogP contribution in [-0.2, 0) is 6.18 Å². The van der Waals surface area contributed by atoms with Crippen molar-refractivity contribution in [1.82, 2.24) is 4.98 Å². The van der Waals surface area contributed by atoms with Gasteiger partial charge in [0.15, 0.2) is 16.8 Å². The molecule has 136 valence electrons. The summed E-state index contributed by atoms with van der Waals surface area (Å²) in [5, 5.41) is 0. The summed E-state index contributed by atoms with van der Waals surface area (Å²) in [4.78, 5) is 4.50. The Hall–Kier alpha value is -2.80. The summed E-state index contributed by atoms with van der Waals surface area (Å²) in [5.41, 5.74) is 1.05. The molecule has 3 nitrogen and oxygen atoms in total. The number of nitrogens with zero attached hydrogens (tertiary/aromatic N) is 1. The molecule has 0 radical (unpaired) electrons. The van der Waals surface area contributed by atoms with E-state index in [1.807, 2.05) is 30.3 Å². The first-order chi connectivity index (χ1) is 12.9. The molecule has 0 N–H and O–H groups in total. The Labute approximate surface area is 160 Å². The van der Waals surface area contributed by atoms with Gasteiger partial charge in [-0.3, -0.25) is 0 Å². The van der Waals surface area contributed by atoms with Crippen molar-refractivity contribution in [3.63, 3.8) is 0 Å². The molecule has 1 heterocycles. The SMILES string of the molecule is FC(F)(F)c1ccc(Oc2ccc(Br)c3oc(-c4ccccc4)nc23)cc1. The molecular formula is C20H11BrF3NO2. The number of hydrogen-bond acceptors (Lipinski definition) is 3. The van der Waals surface area contributed by atoms with Gasteiger partial charge in [-0.25, -0.2) is 4.98 Å². The number of fused-ring (bicyclic) bond motifs is 1. The van der Waals surface area contributed by atoms with E-state index in [0.29, 0.717) is 27.2 Å². The number of alkyl halides is 3. The van der Waals surface area contributed by atoms with Gasteiger partial charge in [-0.15, -0.1) is 0 Å². The van der Waals surface area contributed by atoms with Crippen LogP contribution in [0.15, 0.2) is 75.6 Å². The lowest BCUT2D eigenvalue weighted by atomic mass is 10.2. The largest absolute Gasteiger partial charge is 0.455 e. The van der Waals surface area contributed by atoms with Crippen molar-refractivity contribution in [3.05, 3.63) is 76.8 Å². The van der Waals surface area contributed by atoms with E-state index in [4.69, 9.17) is 9.15 Å². The highest BCUT2D eigenvalue weighted by molar-refractivity contribution is 9.10. The van der Waals surface area contributed by atoms with Crippen molar-refractivity contribution in [1.29, 1.82) is 0 Å². The van der Waals surface area contributed by atoms with Gasteiger partial charge in [0.2, 0.25) is 5.89 Å². The molecule has 4 rings (SSSR count). The van der Waals surface area contributed by atoms with Gasteiger partial charge in [-0.1, -0.05) is 18.2 Å². The zero-order valence-electron chi connectivity index (χ0n) is 13.6. The van der Waals surface area contributed by atoms with Crippen molar-refractivity contribution < 1.29 is 22.3 Å². The summed E-state index contributed by atoms with van der Waals surface area (Å²) in [7, 11) is 0. The molecule has 0 unspecified atom stereocenters. The fourth-order valence-electron chi connectivity index (χ4n) is 2.58. The van der Waals surface area contributed by atoms with Crippen molar-refractivity contribution >= 4 is 27.0 Å². The third-order valence-corrected chi connectivity index (χ3v) is 4.51. The van der Waals surface area contributed by atoms with Crippen LogP contribution in [-0.4, -0.2) is 4.98 Å². The fourth-order valence-corrected chi connectivity index (χ4v) is 2.98. The molecule has 0 saturated heterocycles. The lowest BCUT2D eigenvalue weighted by Crippen LogP contribution is -2.04. The molecule has 1 aromatic heterocycles. The normalized spacial score (nSPS) is 11.7. The Balaban J connectivity index is 1.72. The van der Waals surface area contributed by atoms with Crippen LogP contribution in [0.25, 0.3) is 22.6 Å². The van der Waals surface area contributed by atoms with Gasteiger partial charge in [-0.2, -0.15) is 13.2 Å². The molecule has 0 bridgehead atoms. The first kappa shape index (κ1) is 17.6. The van der Waals surface area contributed by atoms with E-state index in [0.717, 1.165) is 17.7 Å². The van der Waals surface area contributed by atoms with Gasteiger partial charge in [0.05, 0.1) is 10.0 Å². The number of oxazole rings is 1. The molecule has 0 fully saturated rings. The Bertz CT molecular complexity index is 1090. The minimum atomic E-state index is -4.39. The van der Waals surface area contributed by atoms with Crippen LogP contribution in [0.1, 0.15) is 5.56 Å². The number of hydrogen-bond donors (Lipinski definition) is 0. The van der Waals surface area contributed by atoms with Crippen LogP contribution in [0.3, 0.4) is 0 Å². The highest BCUT2D eigenvalue weighted by Gasteiger charge is 2.30. The van der Waals surface area contributed by atoms with Crippen LogP contribution in [0.2, 0.25) is 0 Å². The summed E-state index contributed by atoms with van der Waals surface area (Å²) in [6.45, 7) is 0. The minimum Gasteiger partial charge on any atom is -0.455 e. The van der Waals surface area contributed by atoms with Crippen molar-refractivity contribution in [2.24, 2.45) is 0 Å². The maximum Gasteiger partial charge on any atom is 0.416 e. The van der Waals surface area contributed by atoms with Crippen LogP contribution in [0, 0.1) is 0 Å². The standard InChI is InChI=1S/C20H11BrF3NO2/c21-15-10-11-16(26-14-8-6-13(7-9-14)20(22,23)24)17-18(15)27-19(25-17)12-4-2-1-3-5-12/h1-11H. The van der Waals surface area contributed by atoms with E-state index >= 15 is 0 Å². The molecule has 4 aromatic rings. The van der Waals surface area contributed by atoms with E-state index < -0.39 is 11.7 Å². The van der Waals surface area contributed by atoms with Crippen LogP contribution in [0.4, 0.5) is 13.2 Å². The lowest BCUT2D eigenvalue weighted by molar-refractivity contribution is -0.137. The molecule has 0 atom stereocenters. The van der Waals surface area contributed by atoms with Gasteiger partial charge >= 0.3 is 6.18 Å². The second kappa shape index (κ2) is 6.74. The van der Waals surface area contributed by atoms with Gasteiger partial charge in [0.1, 0.15) is 5.75 Å². The zero-order valence-corrected chi connectivity index (χ0v) is 15.2.